The van der Waals surface area contributed by atoms with Gasteiger partial charge in [0.25, 0.3) is 0 Å². The van der Waals surface area contributed by atoms with E-state index in [2.05, 4.69) is 43.7 Å². The minimum absolute atomic E-state index is 0.0873. The van der Waals surface area contributed by atoms with Crippen LogP contribution in [0.5, 0.6) is 0 Å². The van der Waals surface area contributed by atoms with Crippen LogP contribution in [0.4, 0.5) is 0 Å². The number of nitrogens with one attached hydrogen (secondary N) is 2. The molecule has 4 nitrogen and oxygen atoms in total. The molecule has 1 heterocycles. The van der Waals surface area contributed by atoms with Crippen LogP contribution in [0.1, 0.15) is 51.6 Å². The molecular weight excluding hydrogens is 250 g/mol. The first-order valence-electron chi connectivity index (χ1n) is 7.66. The Kier molecular flexibility index (Phi) is 7.37. The summed E-state index contributed by atoms with van der Waals surface area (Å²) in [6.07, 6.45) is 7.34. The summed E-state index contributed by atoms with van der Waals surface area (Å²) in [5.74, 6) is 0.711. The molecule has 1 rings (SSSR count). The van der Waals surface area contributed by atoms with Gasteiger partial charge in [-0.25, -0.2) is 0 Å². The third-order valence-corrected chi connectivity index (χ3v) is 3.47. The average Bonchev–Trinajstić information content (AvgIpc) is 2.83. The van der Waals surface area contributed by atoms with Crippen molar-refractivity contribution in [2.75, 3.05) is 13.6 Å². The van der Waals surface area contributed by atoms with Gasteiger partial charge in [0.05, 0.1) is 0 Å². The highest BCUT2D eigenvalue weighted by Crippen LogP contribution is 2.18. The number of amides is 1. The molecule has 0 radical (unpaired) electrons. The lowest BCUT2D eigenvalue weighted by Crippen LogP contribution is -2.28. The second-order valence-corrected chi connectivity index (χ2v) is 5.78. The fourth-order valence-corrected chi connectivity index (χ4v) is 2.25. The summed E-state index contributed by atoms with van der Waals surface area (Å²) in [5, 5.41) is 6.28. The summed E-state index contributed by atoms with van der Waals surface area (Å²) < 4.78 is 1.96. The van der Waals surface area contributed by atoms with Crippen molar-refractivity contribution in [3.05, 3.63) is 24.0 Å². The van der Waals surface area contributed by atoms with Gasteiger partial charge >= 0.3 is 0 Å². The van der Waals surface area contributed by atoms with Gasteiger partial charge in [0.15, 0.2) is 0 Å². The van der Waals surface area contributed by atoms with Crippen LogP contribution < -0.4 is 10.6 Å². The lowest BCUT2D eigenvalue weighted by atomic mass is 10.1. The molecule has 0 saturated carbocycles. The summed E-state index contributed by atoms with van der Waals surface area (Å²) in [7, 11) is 1.98. The van der Waals surface area contributed by atoms with Crippen LogP contribution in [0.2, 0.25) is 0 Å². The second kappa shape index (κ2) is 8.80. The van der Waals surface area contributed by atoms with E-state index < -0.39 is 0 Å². The van der Waals surface area contributed by atoms with Gasteiger partial charge in [0, 0.05) is 25.0 Å². The van der Waals surface area contributed by atoms with Crippen LogP contribution in [-0.4, -0.2) is 24.1 Å². The summed E-state index contributed by atoms with van der Waals surface area (Å²) in [5.41, 5.74) is 1.25. The number of carbonyl (C=O) groups is 1. The van der Waals surface area contributed by atoms with Crippen LogP contribution in [-0.2, 0) is 11.3 Å². The van der Waals surface area contributed by atoms with Gasteiger partial charge in [0.1, 0.15) is 6.54 Å². The Balaban J connectivity index is 2.44. The van der Waals surface area contributed by atoms with Crippen molar-refractivity contribution in [3.8, 4) is 0 Å². The zero-order valence-corrected chi connectivity index (χ0v) is 13.3. The normalized spacial score (nSPS) is 12.7. The van der Waals surface area contributed by atoms with Crippen LogP contribution in [0.3, 0.4) is 0 Å². The molecule has 0 bridgehead atoms. The van der Waals surface area contributed by atoms with Gasteiger partial charge in [0.2, 0.25) is 5.91 Å². The number of hydrogen-bond acceptors (Lipinski definition) is 2. The monoisotopic (exact) mass is 279 g/mol. The largest absolute Gasteiger partial charge is 0.355 e. The molecule has 0 spiro atoms. The highest BCUT2D eigenvalue weighted by molar-refractivity contribution is 5.75. The fraction of sp³-hybridized carbons (Fsp3) is 0.688. The Morgan fingerprint density at radius 1 is 1.35 bits per heavy atom. The highest BCUT2D eigenvalue weighted by Gasteiger charge is 2.10. The van der Waals surface area contributed by atoms with E-state index in [9.17, 15) is 4.79 Å². The SMILES string of the molecule is CCCC(NC)c1ccn(CC(=O)NCCC(C)C)c1. The molecule has 0 aliphatic carbocycles. The number of nitrogens with zero attached hydrogens (tertiary/aromatic N) is 1. The summed E-state index contributed by atoms with van der Waals surface area (Å²) in [6, 6.07) is 2.48. The molecule has 0 fully saturated rings. The van der Waals surface area contributed by atoms with Crippen LogP contribution in [0, 0.1) is 5.92 Å². The summed E-state index contributed by atoms with van der Waals surface area (Å²) >= 11 is 0. The van der Waals surface area contributed by atoms with E-state index in [1.54, 1.807) is 0 Å². The molecule has 20 heavy (non-hydrogen) atoms. The topological polar surface area (TPSA) is 46.1 Å². The molecule has 0 aliphatic rings. The Labute approximate surface area is 122 Å². The molecule has 0 aromatic carbocycles. The zero-order valence-electron chi connectivity index (χ0n) is 13.3. The highest BCUT2D eigenvalue weighted by atomic mass is 16.1. The first-order valence-corrected chi connectivity index (χ1v) is 7.66. The van der Waals surface area contributed by atoms with E-state index in [1.807, 2.05) is 17.8 Å². The Morgan fingerprint density at radius 2 is 2.10 bits per heavy atom. The van der Waals surface area contributed by atoms with Gasteiger partial charge in [-0.15, -0.1) is 0 Å². The average molecular weight is 279 g/mol. The van der Waals surface area contributed by atoms with Crippen LogP contribution >= 0.6 is 0 Å². The third kappa shape index (κ3) is 5.78. The Morgan fingerprint density at radius 3 is 2.70 bits per heavy atom. The second-order valence-electron chi connectivity index (χ2n) is 5.78. The van der Waals surface area contributed by atoms with Crippen molar-refractivity contribution in [3.63, 3.8) is 0 Å². The smallest absolute Gasteiger partial charge is 0.239 e. The number of carbonyl (C=O) groups excluding carboxylic acids is 1. The Bertz CT molecular complexity index is 398. The summed E-state index contributed by atoms with van der Waals surface area (Å²) in [6.45, 7) is 7.68. The maximum Gasteiger partial charge on any atom is 0.239 e. The van der Waals surface area contributed by atoms with Gasteiger partial charge in [-0.1, -0.05) is 27.2 Å². The molecule has 1 atom stereocenters. The first-order chi connectivity index (χ1) is 9.56. The molecule has 1 aromatic heterocycles. The molecule has 1 amide bonds. The van der Waals surface area contributed by atoms with Gasteiger partial charge in [-0.2, -0.15) is 0 Å². The number of hydrogen-bond donors (Lipinski definition) is 2. The van der Waals surface area contributed by atoms with E-state index in [4.69, 9.17) is 0 Å². The first kappa shape index (κ1) is 16.8. The maximum atomic E-state index is 11.8. The van der Waals surface area contributed by atoms with E-state index >= 15 is 0 Å². The van der Waals surface area contributed by atoms with Gasteiger partial charge in [-0.3, -0.25) is 4.79 Å². The molecule has 0 saturated heterocycles. The fourth-order valence-electron chi connectivity index (χ4n) is 2.25. The maximum absolute atomic E-state index is 11.8. The molecular formula is C16H29N3O. The number of aromatic nitrogens is 1. The van der Waals surface area contributed by atoms with Crippen molar-refractivity contribution < 1.29 is 4.79 Å². The molecule has 2 N–H and O–H groups in total. The van der Waals surface area contributed by atoms with Crippen LogP contribution in [0.25, 0.3) is 0 Å². The Hall–Kier alpha value is -1.29. The van der Waals surface area contributed by atoms with Gasteiger partial charge in [-0.05, 0) is 37.4 Å². The predicted molar refractivity (Wildman–Crippen MR) is 83.6 cm³/mol. The molecule has 114 valence electrons. The standard InChI is InChI=1S/C16H29N3O/c1-5-6-15(17-4)14-8-10-19(11-14)12-16(20)18-9-7-13(2)3/h8,10-11,13,15,17H,5-7,9,12H2,1-4H3,(H,18,20). The van der Waals surface area contributed by atoms with Crippen molar-refractivity contribution in [1.29, 1.82) is 0 Å². The van der Waals surface area contributed by atoms with E-state index in [1.165, 1.54) is 5.56 Å². The van der Waals surface area contributed by atoms with Crippen molar-refractivity contribution in [2.45, 2.75) is 52.6 Å². The molecule has 1 aromatic rings. The molecule has 1 unspecified atom stereocenters. The van der Waals surface area contributed by atoms with E-state index in [-0.39, 0.29) is 5.91 Å². The zero-order chi connectivity index (χ0) is 15.0. The quantitative estimate of drug-likeness (QED) is 0.730. The van der Waals surface area contributed by atoms with E-state index in [0.29, 0.717) is 18.5 Å². The molecule has 0 aliphatic heterocycles. The third-order valence-electron chi connectivity index (χ3n) is 3.47. The minimum Gasteiger partial charge on any atom is -0.355 e. The number of rotatable bonds is 9. The lowest BCUT2D eigenvalue weighted by molar-refractivity contribution is -0.121. The van der Waals surface area contributed by atoms with Gasteiger partial charge < -0.3 is 15.2 Å². The summed E-state index contributed by atoms with van der Waals surface area (Å²) in [4.78, 5) is 11.8. The lowest BCUT2D eigenvalue weighted by Gasteiger charge is -2.13. The van der Waals surface area contributed by atoms with E-state index in [0.717, 1.165) is 25.8 Å². The van der Waals surface area contributed by atoms with Crippen molar-refractivity contribution in [2.24, 2.45) is 5.92 Å². The minimum atomic E-state index is 0.0873. The predicted octanol–water partition coefficient (Wildman–Crippen LogP) is 2.71. The van der Waals surface area contributed by atoms with Crippen molar-refractivity contribution >= 4 is 5.91 Å². The molecule has 4 heteroatoms. The van der Waals surface area contributed by atoms with Crippen LogP contribution in [0.15, 0.2) is 18.5 Å². The van der Waals surface area contributed by atoms with Crippen molar-refractivity contribution in [1.82, 2.24) is 15.2 Å².